The zero-order chi connectivity index (χ0) is 13.3. The summed E-state index contributed by atoms with van der Waals surface area (Å²) in [6, 6.07) is 4.08. The maximum absolute atomic E-state index is 13.6. The highest BCUT2D eigenvalue weighted by atomic mass is 19.1. The number of nitriles is 1. The van der Waals surface area contributed by atoms with E-state index >= 15 is 0 Å². The molecule has 0 spiro atoms. The Labute approximate surface area is 102 Å². The van der Waals surface area contributed by atoms with Gasteiger partial charge in [-0.25, -0.2) is 13.6 Å². The summed E-state index contributed by atoms with van der Waals surface area (Å²) in [5, 5.41) is 17.8. The van der Waals surface area contributed by atoms with Crippen molar-refractivity contribution in [2.24, 2.45) is 5.92 Å². The van der Waals surface area contributed by atoms with Crippen LogP contribution in [-0.2, 0) is 0 Å². The minimum Gasteiger partial charge on any atom is -0.465 e. The fourth-order valence-corrected chi connectivity index (χ4v) is 2.21. The molecule has 1 aliphatic heterocycles. The molecule has 1 heterocycles. The third-order valence-corrected chi connectivity index (χ3v) is 3.05. The van der Waals surface area contributed by atoms with E-state index in [0.29, 0.717) is 0 Å². The predicted molar refractivity (Wildman–Crippen MR) is 57.5 cm³/mol. The van der Waals surface area contributed by atoms with Crippen LogP contribution in [-0.4, -0.2) is 22.6 Å². The SMILES string of the molecule is N#C[C@H]1C[C@H](c2cc(F)ccc2F)N(C(=O)O)C1. The molecule has 1 fully saturated rings. The van der Waals surface area contributed by atoms with Crippen LogP contribution in [0.15, 0.2) is 18.2 Å². The van der Waals surface area contributed by atoms with E-state index in [1.54, 1.807) is 0 Å². The van der Waals surface area contributed by atoms with Crippen molar-refractivity contribution in [3.63, 3.8) is 0 Å². The Hall–Kier alpha value is -2.16. The minimum absolute atomic E-state index is 0.0184. The summed E-state index contributed by atoms with van der Waals surface area (Å²) in [5.41, 5.74) is -0.0184. The van der Waals surface area contributed by atoms with E-state index in [2.05, 4.69) is 0 Å². The molecule has 2 rings (SSSR count). The smallest absolute Gasteiger partial charge is 0.407 e. The van der Waals surface area contributed by atoms with E-state index < -0.39 is 29.7 Å². The zero-order valence-corrected chi connectivity index (χ0v) is 9.31. The van der Waals surface area contributed by atoms with Crippen molar-refractivity contribution >= 4 is 6.09 Å². The van der Waals surface area contributed by atoms with E-state index in [0.717, 1.165) is 23.1 Å². The van der Waals surface area contributed by atoms with E-state index in [1.807, 2.05) is 6.07 Å². The molecule has 18 heavy (non-hydrogen) atoms. The van der Waals surface area contributed by atoms with Gasteiger partial charge < -0.3 is 5.11 Å². The van der Waals surface area contributed by atoms with Gasteiger partial charge in [-0.05, 0) is 24.6 Å². The van der Waals surface area contributed by atoms with E-state index in [1.165, 1.54) is 0 Å². The molecule has 1 saturated heterocycles. The van der Waals surface area contributed by atoms with Gasteiger partial charge in [-0.3, -0.25) is 4.90 Å². The molecule has 2 atom stereocenters. The summed E-state index contributed by atoms with van der Waals surface area (Å²) in [4.78, 5) is 12.0. The summed E-state index contributed by atoms with van der Waals surface area (Å²) in [6.45, 7) is 0.0203. The van der Waals surface area contributed by atoms with E-state index in [4.69, 9.17) is 10.4 Å². The lowest BCUT2D eigenvalue weighted by molar-refractivity contribution is 0.139. The molecule has 6 heteroatoms. The van der Waals surface area contributed by atoms with Crippen LogP contribution in [0.3, 0.4) is 0 Å². The zero-order valence-electron chi connectivity index (χ0n) is 9.31. The largest absolute Gasteiger partial charge is 0.465 e. The number of hydrogen-bond acceptors (Lipinski definition) is 2. The molecule has 94 valence electrons. The average molecular weight is 252 g/mol. The van der Waals surface area contributed by atoms with Crippen molar-refractivity contribution in [2.45, 2.75) is 12.5 Å². The van der Waals surface area contributed by atoms with Crippen molar-refractivity contribution in [1.29, 1.82) is 5.26 Å². The first-order valence-corrected chi connectivity index (χ1v) is 5.37. The lowest BCUT2D eigenvalue weighted by atomic mass is 10.00. The summed E-state index contributed by atoms with van der Waals surface area (Å²) in [6.07, 6.45) is -1.05. The number of halogens is 2. The monoisotopic (exact) mass is 252 g/mol. The van der Waals surface area contributed by atoms with Crippen LogP contribution in [0, 0.1) is 28.9 Å². The topological polar surface area (TPSA) is 64.3 Å². The summed E-state index contributed by atoms with van der Waals surface area (Å²) in [5.74, 6) is -1.78. The Balaban J connectivity index is 2.39. The van der Waals surface area contributed by atoms with Crippen LogP contribution < -0.4 is 0 Å². The number of carboxylic acid groups (broad SMARTS) is 1. The maximum atomic E-state index is 13.6. The molecule has 1 amide bonds. The number of hydrogen-bond donors (Lipinski definition) is 1. The molecule has 1 aromatic carbocycles. The predicted octanol–water partition coefficient (Wildman–Crippen LogP) is 2.53. The van der Waals surface area contributed by atoms with Crippen LogP contribution in [0.5, 0.6) is 0 Å². The third kappa shape index (κ3) is 2.12. The third-order valence-electron chi connectivity index (χ3n) is 3.05. The van der Waals surface area contributed by atoms with Crippen LogP contribution in [0.4, 0.5) is 13.6 Å². The molecular formula is C12H10F2N2O2. The number of benzene rings is 1. The van der Waals surface area contributed by atoms with Gasteiger partial charge in [0.2, 0.25) is 0 Å². The molecule has 1 N–H and O–H groups in total. The Kier molecular flexibility index (Phi) is 3.15. The van der Waals surface area contributed by atoms with Crippen molar-refractivity contribution in [2.75, 3.05) is 6.54 Å². The number of likely N-dealkylation sites (tertiary alicyclic amines) is 1. The van der Waals surface area contributed by atoms with Crippen molar-refractivity contribution in [3.8, 4) is 6.07 Å². The number of nitrogens with zero attached hydrogens (tertiary/aromatic N) is 2. The molecule has 1 aliphatic rings. The van der Waals surface area contributed by atoms with Crippen LogP contribution in [0.1, 0.15) is 18.0 Å². The fraction of sp³-hybridized carbons (Fsp3) is 0.333. The molecule has 0 unspecified atom stereocenters. The molecular weight excluding hydrogens is 242 g/mol. The van der Waals surface area contributed by atoms with Gasteiger partial charge >= 0.3 is 6.09 Å². The Bertz CT molecular complexity index is 527. The number of amides is 1. The molecule has 0 radical (unpaired) electrons. The van der Waals surface area contributed by atoms with Crippen molar-refractivity contribution < 1.29 is 18.7 Å². The van der Waals surface area contributed by atoms with Gasteiger partial charge in [-0.15, -0.1) is 0 Å². The van der Waals surface area contributed by atoms with Gasteiger partial charge in [0.05, 0.1) is 18.0 Å². The van der Waals surface area contributed by atoms with Crippen molar-refractivity contribution in [3.05, 3.63) is 35.4 Å². The summed E-state index contributed by atoms with van der Waals surface area (Å²) < 4.78 is 26.7. The summed E-state index contributed by atoms with van der Waals surface area (Å²) >= 11 is 0. The second kappa shape index (κ2) is 4.61. The highest BCUT2D eigenvalue weighted by Crippen LogP contribution is 2.36. The van der Waals surface area contributed by atoms with Gasteiger partial charge in [0.25, 0.3) is 0 Å². The second-order valence-corrected chi connectivity index (χ2v) is 4.18. The molecule has 1 aromatic rings. The number of rotatable bonds is 1. The fourth-order valence-electron chi connectivity index (χ4n) is 2.21. The van der Waals surface area contributed by atoms with Gasteiger partial charge in [-0.2, -0.15) is 5.26 Å². The van der Waals surface area contributed by atoms with E-state index in [9.17, 15) is 13.6 Å². The molecule has 0 aromatic heterocycles. The first-order chi connectivity index (χ1) is 8.52. The quantitative estimate of drug-likeness (QED) is 0.835. The summed E-state index contributed by atoms with van der Waals surface area (Å²) in [7, 11) is 0. The highest BCUT2D eigenvalue weighted by molar-refractivity contribution is 5.66. The van der Waals surface area contributed by atoms with Gasteiger partial charge in [0, 0.05) is 12.1 Å². The standard InChI is InChI=1S/C12H10F2N2O2/c13-8-1-2-10(14)9(4-8)11-3-7(5-15)6-16(11)12(17)18/h1-2,4,7,11H,3,6H2,(H,17,18)/t7-,11-/m1/s1. The van der Waals surface area contributed by atoms with Gasteiger partial charge in [-0.1, -0.05) is 0 Å². The second-order valence-electron chi connectivity index (χ2n) is 4.18. The molecule has 0 bridgehead atoms. The number of carbonyl (C=O) groups is 1. The van der Waals surface area contributed by atoms with Crippen molar-refractivity contribution in [1.82, 2.24) is 4.90 Å². The Morgan fingerprint density at radius 1 is 1.50 bits per heavy atom. The average Bonchev–Trinajstić information content (AvgIpc) is 2.76. The Morgan fingerprint density at radius 2 is 2.22 bits per heavy atom. The molecule has 4 nitrogen and oxygen atoms in total. The Morgan fingerprint density at radius 3 is 2.83 bits per heavy atom. The minimum atomic E-state index is -1.23. The first-order valence-electron chi connectivity index (χ1n) is 5.37. The lowest BCUT2D eigenvalue weighted by Gasteiger charge is -2.21. The van der Waals surface area contributed by atoms with Gasteiger partial charge in [0.15, 0.2) is 0 Å². The van der Waals surface area contributed by atoms with Crippen LogP contribution in [0.2, 0.25) is 0 Å². The highest BCUT2D eigenvalue weighted by Gasteiger charge is 2.37. The van der Waals surface area contributed by atoms with Gasteiger partial charge in [0.1, 0.15) is 11.6 Å². The normalized spacial score (nSPS) is 22.8. The lowest BCUT2D eigenvalue weighted by Crippen LogP contribution is -2.29. The first kappa shape index (κ1) is 12.3. The van der Waals surface area contributed by atoms with Crippen LogP contribution >= 0.6 is 0 Å². The molecule has 0 aliphatic carbocycles. The molecule has 0 saturated carbocycles. The maximum Gasteiger partial charge on any atom is 0.407 e. The van der Waals surface area contributed by atoms with E-state index in [-0.39, 0.29) is 18.5 Å². The van der Waals surface area contributed by atoms with Crippen LogP contribution in [0.25, 0.3) is 0 Å².